The molecule has 0 saturated heterocycles. The predicted octanol–water partition coefficient (Wildman–Crippen LogP) is 2.47. The van der Waals surface area contributed by atoms with Crippen molar-refractivity contribution >= 4 is 11.4 Å². The first-order valence-corrected chi connectivity index (χ1v) is 5.52. The fourth-order valence-corrected chi connectivity index (χ4v) is 1.55. The first-order chi connectivity index (χ1) is 9.19. The average Bonchev–Trinajstić information content (AvgIpc) is 2.46. The molecule has 6 heteroatoms. The van der Waals surface area contributed by atoms with E-state index in [0.29, 0.717) is 12.2 Å². The topological polar surface area (TPSA) is 91.8 Å². The Kier molecular flexibility index (Phi) is 3.69. The van der Waals surface area contributed by atoms with Crippen LogP contribution in [0.4, 0.5) is 11.4 Å². The highest BCUT2D eigenvalue weighted by molar-refractivity contribution is 5.44. The van der Waals surface area contributed by atoms with Crippen molar-refractivity contribution in [2.75, 3.05) is 5.32 Å². The van der Waals surface area contributed by atoms with Crippen LogP contribution in [0.25, 0.3) is 0 Å². The van der Waals surface area contributed by atoms with Crippen LogP contribution < -0.4 is 5.32 Å². The lowest BCUT2D eigenvalue weighted by Gasteiger charge is -2.05. The molecule has 2 rings (SSSR count). The van der Waals surface area contributed by atoms with Crippen molar-refractivity contribution in [2.45, 2.75) is 6.54 Å². The van der Waals surface area contributed by atoms with Crippen LogP contribution in [-0.4, -0.2) is 9.91 Å². The minimum atomic E-state index is -0.424. The second-order valence-corrected chi connectivity index (χ2v) is 3.82. The molecule has 1 N–H and O–H groups in total. The average molecular weight is 254 g/mol. The highest BCUT2D eigenvalue weighted by atomic mass is 16.6. The Hall–Kier alpha value is -2.94. The van der Waals surface area contributed by atoms with Gasteiger partial charge >= 0.3 is 0 Å². The third kappa shape index (κ3) is 3.26. The molecule has 0 saturated carbocycles. The lowest BCUT2D eigenvalue weighted by Crippen LogP contribution is -2.00. The van der Waals surface area contributed by atoms with Crippen LogP contribution in [0.1, 0.15) is 11.3 Å². The van der Waals surface area contributed by atoms with E-state index in [0.717, 1.165) is 11.3 Å². The van der Waals surface area contributed by atoms with Gasteiger partial charge in [0, 0.05) is 18.7 Å². The van der Waals surface area contributed by atoms with Gasteiger partial charge in [-0.1, -0.05) is 12.1 Å². The molecule has 0 aliphatic heterocycles. The number of nitrogens with one attached hydrogen (secondary N) is 1. The van der Waals surface area contributed by atoms with Crippen molar-refractivity contribution in [3.8, 4) is 6.07 Å². The third-order valence-corrected chi connectivity index (χ3v) is 2.50. The van der Waals surface area contributed by atoms with Crippen molar-refractivity contribution in [1.29, 1.82) is 5.26 Å². The summed E-state index contributed by atoms with van der Waals surface area (Å²) < 4.78 is 0. The Morgan fingerprint density at radius 1 is 1.37 bits per heavy atom. The van der Waals surface area contributed by atoms with Gasteiger partial charge in [0.05, 0.1) is 16.8 Å². The van der Waals surface area contributed by atoms with Gasteiger partial charge in [-0.05, 0) is 17.7 Å². The van der Waals surface area contributed by atoms with Gasteiger partial charge in [0.1, 0.15) is 11.8 Å². The first-order valence-electron chi connectivity index (χ1n) is 5.52. The molecule has 0 aliphatic rings. The zero-order valence-electron chi connectivity index (χ0n) is 9.91. The molecule has 0 atom stereocenters. The molecule has 19 heavy (non-hydrogen) atoms. The van der Waals surface area contributed by atoms with Crippen LogP contribution in [0.5, 0.6) is 0 Å². The van der Waals surface area contributed by atoms with Crippen molar-refractivity contribution in [3.05, 3.63) is 64.0 Å². The number of nitrogens with zero attached hydrogens (tertiary/aromatic N) is 3. The largest absolute Gasteiger partial charge is 0.380 e. The van der Waals surface area contributed by atoms with Gasteiger partial charge in [-0.25, -0.2) is 4.98 Å². The van der Waals surface area contributed by atoms with Crippen LogP contribution >= 0.6 is 0 Å². The quantitative estimate of drug-likeness (QED) is 0.668. The Labute approximate surface area is 109 Å². The molecule has 0 fully saturated rings. The zero-order valence-corrected chi connectivity index (χ0v) is 9.91. The molecule has 0 spiro atoms. The minimum Gasteiger partial charge on any atom is -0.380 e. The molecule has 0 aliphatic carbocycles. The maximum absolute atomic E-state index is 10.6. The summed E-state index contributed by atoms with van der Waals surface area (Å²) in [7, 11) is 0. The highest BCUT2D eigenvalue weighted by Gasteiger charge is 2.05. The molecule has 0 unspecified atom stereocenters. The van der Waals surface area contributed by atoms with Gasteiger partial charge in [0.25, 0.3) is 5.69 Å². The standard InChI is InChI=1S/C13H10N4O2/c14-7-11-4-5-12(9-16-11)15-8-10-2-1-3-13(6-10)17(18)19/h1-6,9,15H,8H2. The predicted molar refractivity (Wildman–Crippen MR) is 69.4 cm³/mol. The summed E-state index contributed by atoms with van der Waals surface area (Å²) in [6.07, 6.45) is 1.55. The van der Waals surface area contributed by atoms with E-state index in [1.807, 2.05) is 6.07 Å². The van der Waals surface area contributed by atoms with Crippen molar-refractivity contribution in [3.63, 3.8) is 0 Å². The number of anilines is 1. The van der Waals surface area contributed by atoms with Gasteiger partial charge in [-0.3, -0.25) is 10.1 Å². The molecule has 94 valence electrons. The molecular formula is C13H10N4O2. The summed E-state index contributed by atoms with van der Waals surface area (Å²) in [5, 5.41) is 22.3. The molecule has 1 aromatic carbocycles. The third-order valence-electron chi connectivity index (χ3n) is 2.50. The van der Waals surface area contributed by atoms with E-state index in [1.54, 1.807) is 30.5 Å². The molecule has 2 aromatic rings. The molecule has 0 radical (unpaired) electrons. The van der Waals surface area contributed by atoms with Crippen molar-refractivity contribution in [2.24, 2.45) is 0 Å². The number of hydrogen-bond donors (Lipinski definition) is 1. The molecular weight excluding hydrogens is 244 g/mol. The van der Waals surface area contributed by atoms with E-state index >= 15 is 0 Å². The van der Waals surface area contributed by atoms with Gasteiger partial charge in [0.2, 0.25) is 0 Å². The number of benzene rings is 1. The van der Waals surface area contributed by atoms with Crippen molar-refractivity contribution < 1.29 is 4.92 Å². The van der Waals surface area contributed by atoms with E-state index in [4.69, 9.17) is 5.26 Å². The smallest absolute Gasteiger partial charge is 0.269 e. The molecule has 0 bridgehead atoms. The molecule has 6 nitrogen and oxygen atoms in total. The monoisotopic (exact) mass is 254 g/mol. The number of nitriles is 1. The fraction of sp³-hybridized carbons (Fsp3) is 0.0769. The number of aromatic nitrogens is 1. The van der Waals surface area contributed by atoms with Gasteiger partial charge < -0.3 is 5.32 Å². The summed E-state index contributed by atoms with van der Waals surface area (Å²) in [6.45, 7) is 0.454. The van der Waals surface area contributed by atoms with Gasteiger partial charge in [-0.2, -0.15) is 5.26 Å². The fourth-order valence-electron chi connectivity index (χ4n) is 1.55. The normalized spacial score (nSPS) is 9.63. The maximum atomic E-state index is 10.6. The second-order valence-electron chi connectivity index (χ2n) is 3.82. The molecule has 1 aromatic heterocycles. The number of nitro groups is 1. The number of hydrogen-bond acceptors (Lipinski definition) is 5. The van der Waals surface area contributed by atoms with E-state index in [2.05, 4.69) is 10.3 Å². The number of pyridine rings is 1. The Balaban J connectivity index is 2.03. The summed E-state index contributed by atoms with van der Waals surface area (Å²) in [4.78, 5) is 14.1. The lowest BCUT2D eigenvalue weighted by atomic mass is 10.2. The summed E-state index contributed by atoms with van der Waals surface area (Å²) in [6, 6.07) is 11.7. The second kappa shape index (κ2) is 5.60. The van der Waals surface area contributed by atoms with Gasteiger partial charge in [-0.15, -0.1) is 0 Å². The first kappa shape index (κ1) is 12.5. The number of rotatable bonds is 4. The van der Waals surface area contributed by atoms with Crippen LogP contribution in [0.3, 0.4) is 0 Å². The Morgan fingerprint density at radius 2 is 2.21 bits per heavy atom. The Bertz CT molecular complexity index is 632. The zero-order chi connectivity index (χ0) is 13.7. The highest BCUT2D eigenvalue weighted by Crippen LogP contribution is 2.14. The van der Waals surface area contributed by atoms with Crippen LogP contribution in [0.15, 0.2) is 42.6 Å². The van der Waals surface area contributed by atoms with Gasteiger partial charge in [0.15, 0.2) is 0 Å². The van der Waals surface area contributed by atoms with E-state index in [1.165, 1.54) is 12.1 Å². The van der Waals surface area contributed by atoms with E-state index < -0.39 is 4.92 Å². The van der Waals surface area contributed by atoms with E-state index in [-0.39, 0.29) is 5.69 Å². The summed E-state index contributed by atoms with van der Waals surface area (Å²) in [5.41, 5.74) is 1.97. The minimum absolute atomic E-state index is 0.0669. The summed E-state index contributed by atoms with van der Waals surface area (Å²) >= 11 is 0. The Morgan fingerprint density at radius 3 is 2.84 bits per heavy atom. The number of non-ortho nitro benzene ring substituents is 1. The van der Waals surface area contributed by atoms with Crippen molar-refractivity contribution in [1.82, 2.24) is 4.98 Å². The number of nitro benzene ring substituents is 1. The SMILES string of the molecule is N#Cc1ccc(NCc2cccc([N+](=O)[O-])c2)cn1. The molecule has 0 amide bonds. The maximum Gasteiger partial charge on any atom is 0.269 e. The van der Waals surface area contributed by atoms with Crippen LogP contribution in [-0.2, 0) is 6.54 Å². The van der Waals surface area contributed by atoms with Crippen LogP contribution in [0.2, 0.25) is 0 Å². The van der Waals surface area contributed by atoms with Crippen LogP contribution in [0, 0.1) is 21.4 Å². The lowest BCUT2D eigenvalue weighted by molar-refractivity contribution is -0.384. The molecule has 1 heterocycles. The summed E-state index contributed by atoms with van der Waals surface area (Å²) in [5.74, 6) is 0. The van der Waals surface area contributed by atoms with E-state index in [9.17, 15) is 10.1 Å².